The van der Waals surface area contributed by atoms with Gasteiger partial charge in [0.15, 0.2) is 6.61 Å². The Morgan fingerprint density at radius 1 is 1.21 bits per heavy atom. The fourth-order valence-corrected chi connectivity index (χ4v) is 3.91. The standard InChI is InChI=1S/C17H18N2O4S/c1-11-5-3-4-6-14(11)12(2)19-24(21,22)13-7-8-16-15(9-13)18-17(20)10-23-16/h3-9,12,19H,10H2,1-2H3,(H,18,20). The molecule has 2 aromatic carbocycles. The zero-order valence-electron chi connectivity index (χ0n) is 13.4. The topological polar surface area (TPSA) is 84.5 Å². The van der Waals surface area contributed by atoms with Crippen LogP contribution in [0.15, 0.2) is 47.4 Å². The van der Waals surface area contributed by atoms with Crippen LogP contribution in [-0.4, -0.2) is 20.9 Å². The van der Waals surface area contributed by atoms with Crippen LogP contribution >= 0.6 is 0 Å². The van der Waals surface area contributed by atoms with Crippen LogP contribution in [0.5, 0.6) is 5.75 Å². The first-order valence-electron chi connectivity index (χ1n) is 7.51. The van der Waals surface area contributed by atoms with E-state index in [4.69, 9.17) is 4.74 Å². The first-order chi connectivity index (χ1) is 11.4. The van der Waals surface area contributed by atoms with E-state index < -0.39 is 10.0 Å². The number of fused-ring (bicyclic) bond motifs is 1. The molecule has 3 rings (SSSR count). The molecule has 1 aliphatic rings. The summed E-state index contributed by atoms with van der Waals surface area (Å²) in [6.45, 7) is 3.66. The minimum absolute atomic E-state index is 0.0678. The molecule has 1 aliphatic heterocycles. The Morgan fingerprint density at radius 3 is 2.71 bits per heavy atom. The van der Waals surface area contributed by atoms with E-state index in [0.717, 1.165) is 11.1 Å². The molecule has 0 saturated carbocycles. The molecule has 1 unspecified atom stereocenters. The second kappa shape index (κ2) is 6.26. The lowest BCUT2D eigenvalue weighted by Crippen LogP contribution is -2.28. The molecule has 1 amide bonds. The van der Waals surface area contributed by atoms with Gasteiger partial charge in [-0.25, -0.2) is 13.1 Å². The summed E-state index contributed by atoms with van der Waals surface area (Å²) < 4.78 is 33.2. The fourth-order valence-electron chi connectivity index (χ4n) is 2.67. The lowest BCUT2D eigenvalue weighted by Gasteiger charge is -2.20. The number of hydrogen-bond acceptors (Lipinski definition) is 4. The zero-order valence-corrected chi connectivity index (χ0v) is 14.2. The summed E-state index contributed by atoms with van der Waals surface area (Å²) >= 11 is 0. The number of amides is 1. The number of aryl methyl sites for hydroxylation is 1. The van der Waals surface area contributed by atoms with Gasteiger partial charge < -0.3 is 10.1 Å². The fraction of sp³-hybridized carbons (Fsp3) is 0.235. The third-order valence-corrected chi connectivity index (χ3v) is 5.42. The second-order valence-electron chi connectivity index (χ2n) is 5.69. The normalized spacial score (nSPS) is 15.2. The Kier molecular flexibility index (Phi) is 4.29. The number of carbonyl (C=O) groups is 1. The quantitative estimate of drug-likeness (QED) is 0.890. The lowest BCUT2D eigenvalue weighted by molar-refractivity contribution is -0.118. The van der Waals surface area contributed by atoms with Gasteiger partial charge in [-0.05, 0) is 43.2 Å². The predicted molar refractivity (Wildman–Crippen MR) is 90.5 cm³/mol. The highest BCUT2D eigenvalue weighted by Crippen LogP contribution is 2.30. The summed E-state index contributed by atoms with van der Waals surface area (Å²) in [5, 5.41) is 2.61. The molecule has 7 heteroatoms. The van der Waals surface area contributed by atoms with Gasteiger partial charge in [0.2, 0.25) is 10.0 Å². The predicted octanol–water partition coefficient (Wildman–Crippen LogP) is 2.37. The van der Waals surface area contributed by atoms with Crippen LogP contribution in [0.4, 0.5) is 5.69 Å². The SMILES string of the molecule is Cc1ccccc1C(C)NS(=O)(=O)c1ccc2c(c1)NC(=O)CO2. The van der Waals surface area contributed by atoms with Gasteiger partial charge in [-0.1, -0.05) is 24.3 Å². The average molecular weight is 346 g/mol. The number of carbonyl (C=O) groups excluding carboxylic acids is 1. The van der Waals surface area contributed by atoms with Crippen molar-refractivity contribution in [3.63, 3.8) is 0 Å². The van der Waals surface area contributed by atoms with Crippen LogP contribution in [-0.2, 0) is 14.8 Å². The summed E-state index contributed by atoms with van der Waals surface area (Å²) in [7, 11) is -3.73. The van der Waals surface area contributed by atoms with Crippen molar-refractivity contribution >= 4 is 21.6 Å². The number of anilines is 1. The highest BCUT2D eigenvalue weighted by atomic mass is 32.2. The van der Waals surface area contributed by atoms with Crippen molar-refractivity contribution in [2.24, 2.45) is 0 Å². The van der Waals surface area contributed by atoms with Gasteiger partial charge >= 0.3 is 0 Å². The molecular formula is C17H18N2O4S. The molecule has 6 nitrogen and oxygen atoms in total. The van der Waals surface area contributed by atoms with Crippen LogP contribution in [0.1, 0.15) is 24.1 Å². The van der Waals surface area contributed by atoms with E-state index in [9.17, 15) is 13.2 Å². The second-order valence-corrected chi connectivity index (χ2v) is 7.41. The molecule has 2 N–H and O–H groups in total. The molecule has 0 spiro atoms. The maximum atomic E-state index is 12.6. The molecule has 1 atom stereocenters. The van der Waals surface area contributed by atoms with E-state index in [2.05, 4.69) is 10.0 Å². The maximum absolute atomic E-state index is 12.6. The summed E-state index contributed by atoms with van der Waals surface area (Å²) in [5.41, 5.74) is 2.28. The van der Waals surface area contributed by atoms with Gasteiger partial charge in [0.25, 0.3) is 5.91 Å². The minimum Gasteiger partial charge on any atom is -0.482 e. The Labute approximate surface area is 140 Å². The van der Waals surface area contributed by atoms with Crippen molar-refractivity contribution in [2.45, 2.75) is 24.8 Å². The number of nitrogens with one attached hydrogen (secondary N) is 2. The minimum atomic E-state index is -3.73. The number of benzene rings is 2. The highest BCUT2D eigenvalue weighted by Gasteiger charge is 2.23. The first kappa shape index (κ1) is 16.5. The molecule has 126 valence electrons. The Hall–Kier alpha value is -2.38. The number of hydrogen-bond donors (Lipinski definition) is 2. The molecule has 0 radical (unpaired) electrons. The summed E-state index contributed by atoms with van der Waals surface area (Å²) in [5.74, 6) is 0.152. The summed E-state index contributed by atoms with van der Waals surface area (Å²) in [6.07, 6.45) is 0. The monoisotopic (exact) mass is 346 g/mol. The molecule has 0 fully saturated rings. The van der Waals surface area contributed by atoms with Crippen LogP contribution < -0.4 is 14.8 Å². The van der Waals surface area contributed by atoms with Crippen molar-refractivity contribution in [1.29, 1.82) is 0 Å². The third kappa shape index (κ3) is 3.27. The van der Waals surface area contributed by atoms with Gasteiger partial charge in [-0.15, -0.1) is 0 Å². The van der Waals surface area contributed by atoms with E-state index in [1.807, 2.05) is 31.2 Å². The molecule has 0 aliphatic carbocycles. The van der Waals surface area contributed by atoms with Gasteiger partial charge in [0.05, 0.1) is 10.6 Å². The summed E-state index contributed by atoms with van der Waals surface area (Å²) in [4.78, 5) is 11.5. The van der Waals surface area contributed by atoms with E-state index in [1.54, 1.807) is 13.0 Å². The largest absolute Gasteiger partial charge is 0.482 e. The van der Waals surface area contributed by atoms with Crippen LogP contribution in [0, 0.1) is 6.92 Å². The summed E-state index contributed by atoms with van der Waals surface area (Å²) in [6, 6.07) is 11.6. The number of sulfonamides is 1. The zero-order chi connectivity index (χ0) is 17.3. The average Bonchev–Trinajstić information content (AvgIpc) is 2.54. The Balaban J connectivity index is 1.87. The van der Waals surface area contributed by atoms with Gasteiger partial charge in [-0.2, -0.15) is 0 Å². The van der Waals surface area contributed by atoms with Crippen molar-refractivity contribution < 1.29 is 17.9 Å². The molecule has 2 aromatic rings. The Bertz CT molecular complexity index is 893. The molecule has 1 heterocycles. The number of rotatable bonds is 4. The van der Waals surface area contributed by atoms with Crippen molar-refractivity contribution in [2.75, 3.05) is 11.9 Å². The highest BCUT2D eigenvalue weighted by molar-refractivity contribution is 7.89. The van der Waals surface area contributed by atoms with Crippen LogP contribution in [0.3, 0.4) is 0 Å². The van der Waals surface area contributed by atoms with Gasteiger partial charge in [0.1, 0.15) is 5.75 Å². The van der Waals surface area contributed by atoms with Gasteiger partial charge in [-0.3, -0.25) is 4.79 Å². The van der Waals surface area contributed by atoms with Crippen LogP contribution in [0.25, 0.3) is 0 Å². The first-order valence-corrected chi connectivity index (χ1v) is 9.00. The smallest absolute Gasteiger partial charge is 0.262 e. The van der Waals surface area contributed by atoms with E-state index in [0.29, 0.717) is 11.4 Å². The van der Waals surface area contributed by atoms with Gasteiger partial charge in [0, 0.05) is 6.04 Å². The van der Waals surface area contributed by atoms with E-state index in [1.165, 1.54) is 12.1 Å². The van der Waals surface area contributed by atoms with E-state index >= 15 is 0 Å². The molecule has 0 aromatic heterocycles. The Morgan fingerprint density at radius 2 is 1.96 bits per heavy atom. The van der Waals surface area contributed by atoms with Crippen molar-refractivity contribution in [3.05, 3.63) is 53.6 Å². The lowest BCUT2D eigenvalue weighted by atomic mass is 10.0. The molecular weight excluding hydrogens is 328 g/mol. The maximum Gasteiger partial charge on any atom is 0.262 e. The molecule has 0 bridgehead atoms. The van der Waals surface area contributed by atoms with E-state index in [-0.39, 0.29) is 23.5 Å². The molecule has 0 saturated heterocycles. The number of ether oxygens (including phenoxy) is 1. The van der Waals surface area contributed by atoms with Crippen LogP contribution in [0.2, 0.25) is 0 Å². The van der Waals surface area contributed by atoms with Crippen molar-refractivity contribution in [1.82, 2.24) is 4.72 Å². The third-order valence-electron chi connectivity index (χ3n) is 3.88. The molecule has 24 heavy (non-hydrogen) atoms. The van der Waals surface area contributed by atoms with Crippen molar-refractivity contribution in [3.8, 4) is 5.75 Å².